The number of fused-ring (bicyclic) bond motifs is 1. The highest BCUT2D eigenvalue weighted by molar-refractivity contribution is 7.17. The smallest absolute Gasteiger partial charge is 0.222 e. The predicted molar refractivity (Wildman–Crippen MR) is 47.8 cm³/mol. The zero-order chi connectivity index (χ0) is 8.55. The highest BCUT2D eigenvalue weighted by Gasteiger charge is 2.04. The van der Waals surface area contributed by atoms with E-state index in [1.54, 1.807) is 11.6 Å². The summed E-state index contributed by atoms with van der Waals surface area (Å²) in [5.74, 6) is 0. The molecular formula is C7H3ClN2OS. The van der Waals surface area contributed by atoms with Crippen molar-refractivity contribution in [2.45, 2.75) is 0 Å². The van der Waals surface area contributed by atoms with Crippen molar-refractivity contribution in [2.75, 3.05) is 0 Å². The van der Waals surface area contributed by atoms with Crippen LogP contribution in [0.1, 0.15) is 10.4 Å². The van der Waals surface area contributed by atoms with E-state index in [1.165, 1.54) is 11.3 Å². The SMILES string of the molecule is O=Cc1csc2cnc(Cl)nc12. The molecule has 0 aliphatic carbocycles. The summed E-state index contributed by atoms with van der Waals surface area (Å²) in [4.78, 5) is 18.2. The Morgan fingerprint density at radius 3 is 3.17 bits per heavy atom. The highest BCUT2D eigenvalue weighted by Crippen LogP contribution is 2.22. The van der Waals surface area contributed by atoms with Crippen molar-refractivity contribution in [3.63, 3.8) is 0 Å². The third kappa shape index (κ3) is 1.09. The Bertz CT molecular complexity index is 440. The molecule has 60 valence electrons. The highest BCUT2D eigenvalue weighted by atomic mass is 35.5. The number of rotatable bonds is 1. The second-order valence-corrected chi connectivity index (χ2v) is 3.41. The van der Waals surface area contributed by atoms with Crippen LogP contribution in [0.5, 0.6) is 0 Å². The monoisotopic (exact) mass is 198 g/mol. The standard InChI is InChI=1S/C7H3ClN2OS/c8-7-9-1-5-6(10-7)4(2-11)3-12-5/h1-3H. The van der Waals surface area contributed by atoms with Gasteiger partial charge in [-0.25, -0.2) is 9.97 Å². The van der Waals surface area contributed by atoms with E-state index in [1.807, 2.05) is 0 Å². The lowest BCUT2D eigenvalue weighted by Gasteiger charge is -1.89. The first kappa shape index (κ1) is 7.64. The number of aldehydes is 1. The molecule has 0 amide bonds. The Balaban J connectivity index is 2.83. The number of carbonyl (C=O) groups is 1. The number of halogens is 1. The van der Waals surface area contributed by atoms with Crippen LogP contribution in [-0.4, -0.2) is 16.3 Å². The van der Waals surface area contributed by atoms with Crippen LogP contribution in [0.4, 0.5) is 0 Å². The van der Waals surface area contributed by atoms with Gasteiger partial charge in [-0.15, -0.1) is 11.3 Å². The Morgan fingerprint density at radius 1 is 1.58 bits per heavy atom. The van der Waals surface area contributed by atoms with Gasteiger partial charge in [0.25, 0.3) is 0 Å². The first-order chi connectivity index (χ1) is 5.81. The largest absolute Gasteiger partial charge is 0.298 e. The molecular weight excluding hydrogens is 196 g/mol. The molecule has 5 heteroatoms. The average Bonchev–Trinajstić information content (AvgIpc) is 2.46. The van der Waals surface area contributed by atoms with E-state index in [0.717, 1.165) is 11.0 Å². The topological polar surface area (TPSA) is 42.9 Å². The van der Waals surface area contributed by atoms with Gasteiger partial charge < -0.3 is 0 Å². The van der Waals surface area contributed by atoms with Gasteiger partial charge in [0, 0.05) is 11.6 Å². The number of hydrogen-bond donors (Lipinski definition) is 0. The number of carbonyl (C=O) groups excluding carboxylic acids is 1. The Kier molecular flexibility index (Phi) is 1.78. The molecule has 3 nitrogen and oxygen atoms in total. The van der Waals surface area contributed by atoms with Gasteiger partial charge in [0.05, 0.1) is 15.8 Å². The maximum absolute atomic E-state index is 10.5. The van der Waals surface area contributed by atoms with Crippen molar-refractivity contribution in [1.82, 2.24) is 9.97 Å². The summed E-state index contributed by atoms with van der Waals surface area (Å²) in [5.41, 5.74) is 1.20. The second-order valence-electron chi connectivity index (χ2n) is 2.16. The van der Waals surface area contributed by atoms with E-state index in [2.05, 4.69) is 9.97 Å². The fourth-order valence-corrected chi connectivity index (χ4v) is 1.85. The van der Waals surface area contributed by atoms with Crippen molar-refractivity contribution in [3.05, 3.63) is 22.4 Å². The van der Waals surface area contributed by atoms with E-state index in [4.69, 9.17) is 11.6 Å². The molecule has 2 rings (SSSR count). The van der Waals surface area contributed by atoms with Crippen molar-refractivity contribution < 1.29 is 4.79 Å². The molecule has 0 spiro atoms. The summed E-state index contributed by atoms with van der Waals surface area (Å²) in [7, 11) is 0. The van der Waals surface area contributed by atoms with Crippen LogP contribution in [0.3, 0.4) is 0 Å². The van der Waals surface area contributed by atoms with Crippen LogP contribution in [0.2, 0.25) is 5.28 Å². The lowest BCUT2D eigenvalue weighted by atomic mass is 10.3. The van der Waals surface area contributed by atoms with Gasteiger partial charge in [-0.2, -0.15) is 0 Å². The molecule has 0 aliphatic heterocycles. The molecule has 0 unspecified atom stereocenters. The van der Waals surface area contributed by atoms with Crippen molar-refractivity contribution in [1.29, 1.82) is 0 Å². The lowest BCUT2D eigenvalue weighted by molar-refractivity contribution is 0.112. The van der Waals surface area contributed by atoms with E-state index >= 15 is 0 Å². The van der Waals surface area contributed by atoms with E-state index < -0.39 is 0 Å². The van der Waals surface area contributed by atoms with E-state index in [-0.39, 0.29) is 5.28 Å². The average molecular weight is 199 g/mol. The van der Waals surface area contributed by atoms with Crippen LogP contribution in [0.15, 0.2) is 11.6 Å². The first-order valence-electron chi connectivity index (χ1n) is 3.16. The van der Waals surface area contributed by atoms with Gasteiger partial charge >= 0.3 is 0 Å². The molecule has 0 aromatic carbocycles. The van der Waals surface area contributed by atoms with Gasteiger partial charge in [0.15, 0.2) is 6.29 Å². The molecule has 2 aromatic heterocycles. The van der Waals surface area contributed by atoms with Crippen LogP contribution in [0.25, 0.3) is 10.2 Å². The molecule has 2 aromatic rings. The summed E-state index contributed by atoms with van der Waals surface area (Å²) in [6.07, 6.45) is 2.38. The summed E-state index contributed by atoms with van der Waals surface area (Å²) in [5, 5.41) is 1.91. The normalized spacial score (nSPS) is 10.4. The van der Waals surface area contributed by atoms with E-state index in [0.29, 0.717) is 11.1 Å². The molecule has 0 fully saturated rings. The predicted octanol–water partition coefficient (Wildman–Crippen LogP) is 2.16. The number of aromatic nitrogens is 2. The Labute approximate surface area is 77.0 Å². The third-order valence-electron chi connectivity index (χ3n) is 1.44. The van der Waals surface area contributed by atoms with Crippen molar-refractivity contribution in [3.8, 4) is 0 Å². The number of thiophene rings is 1. The first-order valence-corrected chi connectivity index (χ1v) is 4.42. The zero-order valence-corrected chi connectivity index (χ0v) is 7.39. The quantitative estimate of drug-likeness (QED) is 0.521. The molecule has 0 saturated carbocycles. The summed E-state index contributed by atoms with van der Waals surface area (Å²) in [6.45, 7) is 0. The molecule has 0 aliphatic rings. The molecule has 0 radical (unpaired) electrons. The van der Waals surface area contributed by atoms with Gasteiger partial charge in [0.2, 0.25) is 5.28 Å². The van der Waals surface area contributed by atoms with E-state index in [9.17, 15) is 4.79 Å². The third-order valence-corrected chi connectivity index (χ3v) is 2.55. The number of nitrogens with zero attached hydrogens (tertiary/aromatic N) is 2. The van der Waals surface area contributed by atoms with Crippen LogP contribution < -0.4 is 0 Å². The Morgan fingerprint density at radius 2 is 2.42 bits per heavy atom. The van der Waals surface area contributed by atoms with Gasteiger partial charge in [-0.05, 0) is 11.6 Å². The molecule has 0 saturated heterocycles. The molecule has 12 heavy (non-hydrogen) atoms. The van der Waals surface area contributed by atoms with Crippen LogP contribution in [0, 0.1) is 0 Å². The van der Waals surface area contributed by atoms with Crippen molar-refractivity contribution in [2.24, 2.45) is 0 Å². The second kappa shape index (κ2) is 2.80. The molecule has 0 N–H and O–H groups in total. The summed E-state index contributed by atoms with van der Waals surface area (Å²) >= 11 is 7.00. The maximum atomic E-state index is 10.5. The van der Waals surface area contributed by atoms with Crippen LogP contribution >= 0.6 is 22.9 Å². The summed E-state index contributed by atoms with van der Waals surface area (Å²) < 4.78 is 0.876. The zero-order valence-electron chi connectivity index (χ0n) is 5.82. The minimum absolute atomic E-state index is 0.170. The summed E-state index contributed by atoms with van der Waals surface area (Å²) in [6, 6.07) is 0. The van der Waals surface area contributed by atoms with Crippen molar-refractivity contribution >= 4 is 39.4 Å². The fraction of sp³-hybridized carbons (Fsp3) is 0. The fourth-order valence-electron chi connectivity index (χ4n) is 0.909. The maximum Gasteiger partial charge on any atom is 0.222 e. The van der Waals surface area contributed by atoms with Gasteiger partial charge in [-0.1, -0.05) is 0 Å². The molecule has 0 bridgehead atoms. The minimum Gasteiger partial charge on any atom is -0.298 e. The minimum atomic E-state index is 0.170. The lowest BCUT2D eigenvalue weighted by Crippen LogP contribution is -1.83. The van der Waals surface area contributed by atoms with Crippen LogP contribution in [-0.2, 0) is 0 Å². The van der Waals surface area contributed by atoms with Gasteiger partial charge in [-0.3, -0.25) is 4.79 Å². The molecule has 2 heterocycles. The number of hydrogen-bond acceptors (Lipinski definition) is 4. The molecule has 0 atom stereocenters. The van der Waals surface area contributed by atoms with Gasteiger partial charge in [0.1, 0.15) is 0 Å². The Hall–Kier alpha value is -1.00.